The van der Waals surface area contributed by atoms with E-state index >= 15 is 0 Å². The molecule has 9 heteroatoms. The number of nitrogens with one attached hydrogen (secondary N) is 1. The number of hydrogen-bond donors (Lipinski definition) is 1. The Bertz CT molecular complexity index is 851. The highest BCUT2D eigenvalue weighted by Gasteiger charge is 2.15. The zero-order chi connectivity index (χ0) is 22.1. The van der Waals surface area contributed by atoms with Gasteiger partial charge in [0.2, 0.25) is 5.75 Å². The Morgan fingerprint density at radius 1 is 0.871 bits per heavy atom. The summed E-state index contributed by atoms with van der Waals surface area (Å²) in [5, 5.41) is 3.36. The normalized spacial score (nSPS) is 10.6. The molecule has 0 bridgehead atoms. The molecule has 0 aliphatic carbocycles. The second kappa shape index (κ2) is 13.0. The summed E-state index contributed by atoms with van der Waals surface area (Å²) in [6.07, 6.45) is 0. The first-order chi connectivity index (χ1) is 14.5. The van der Waals surface area contributed by atoms with Gasteiger partial charge in [-0.25, -0.2) is 0 Å². The Labute approximate surface area is 201 Å². The molecule has 0 aromatic heterocycles. The Balaban J connectivity index is 0.00000480. The van der Waals surface area contributed by atoms with Gasteiger partial charge in [0.25, 0.3) is 0 Å². The van der Waals surface area contributed by atoms with Crippen LogP contribution in [0.1, 0.15) is 11.1 Å². The molecule has 172 valence electrons. The Hall–Kier alpha value is -2.56. The monoisotopic (exact) mass is 545 g/mol. The van der Waals surface area contributed by atoms with Crippen LogP contribution >= 0.6 is 24.0 Å². The predicted molar refractivity (Wildman–Crippen MR) is 133 cm³/mol. The molecular formula is C22H32IN3O5. The number of guanidine groups is 1. The Kier molecular flexibility index (Phi) is 11.1. The molecule has 0 aliphatic heterocycles. The Morgan fingerprint density at radius 3 is 1.97 bits per heavy atom. The minimum absolute atomic E-state index is 0. The number of hydrogen-bond acceptors (Lipinski definition) is 6. The van der Waals surface area contributed by atoms with Gasteiger partial charge < -0.3 is 33.9 Å². The summed E-state index contributed by atoms with van der Waals surface area (Å²) < 4.78 is 27.0. The van der Waals surface area contributed by atoms with Crippen LogP contribution in [-0.4, -0.2) is 60.5 Å². The molecule has 8 nitrogen and oxygen atoms in total. The van der Waals surface area contributed by atoms with E-state index < -0.39 is 0 Å². The van der Waals surface area contributed by atoms with Crippen LogP contribution in [0.4, 0.5) is 0 Å². The van der Waals surface area contributed by atoms with Crippen molar-refractivity contribution in [3.05, 3.63) is 41.5 Å². The van der Waals surface area contributed by atoms with Gasteiger partial charge in [-0.3, -0.25) is 4.99 Å². The maximum atomic E-state index is 5.50. The number of methoxy groups -OCH3 is 5. The molecule has 2 rings (SSSR count). The second-order valence-corrected chi connectivity index (χ2v) is 6.47. The van der Waals surface area contributed by atoms with Gasteiger partial charge in [0, 0.05) is 38.8 Å². The molecule has 1 N–H and O–H groups in total. The van der Waals surface area contributed by atoms with Crippen LogP contribution in [0.2, 0.25) is 0 Å². The lowest BCUT2D eigenvalue weighted by molar-refractivity contribution is 0.323. The van der Waals surface area contributed by atoms with Crippen molar-refractivity contribution < 1.29 is 23.7 Å². The van der Waals surface area contributed by atoms with Crippen molar-refractivity contribution in [2.45, 2.75) is 13.1 Å². The number of aliphatic imine (C=N–C) groups is 1. The minimum Gasteiger partial charge on any atom is -0.497 e. The highest BCUT2D eigenvalue weighted by Crippen LogP contribution is 2.38. The molecule has 0 heterocycles. The lowest BCUT2D eigenvalue weighted by Crippen LogP contribution is -2.38. The summed E-state index contributed by atoms with van der Waals surface area (Å²) >= 11 is 0. The van der Waals surface area contributed by atoms with Crippen molar-refractivity contribution in [2.75, 3.05) is 49.6 Å². The third-order valence-electron chi connectivity index (χ3n) is 4.65. The maximum absolute atomic E-state index is 5.50. The van der Waals surface area contributed by atoms with E-state index in [2.05, 4.69) is 10.3 Å². The molecule has 2 aromatic rings. The van der Waals surface area contributed by atoms with E-state index in [-0.39, 0.29) is 24.0 Å². The number of benzene rings is 2. The van der Waals surface area contributed by atoms with Crippen LogP contribution in [0.25, 0.3) is 0 Å². The number of rotatable bonds is 9. The average molecular weight is 545 g/mol. The summed E-state index contributed by atoms with van der Waals surface area (Å²) in [5.41, 5.74) is 2.00. The van der Waals surface area contributed by atoms with Gasteiger partial charge in [0.05, 0.1) is 35.5 Å². The first-order valence-electron chi connectivity index (χ1n) is 9.42. The van der Waals surface area contributed by atoms with Gasteiger partial charge in [0.15, 0.2) is 17.5 Å². The van der Waals surface area contributed by atoms with Crippen LogP contribution < -0.4 is 29.0 Å². The standard InChI is InChI=1S/C22H31N3O5.HI/c1-23-22(25(2)14-16-8-9-17(26-3)12-18(16)27-4)24-13-15-10-19(28-5)21(30-7)20(11-15)29-6;/h8-12H,13-14H2,1-7H3,(H,23,24);1H. The first kappa shape index (κ1) is 26.5. The molecular weight excluding hydrogens is 513 g/mol. The highest BCUT2D eigenvalue weighted by molar-refractivity contribution is 14.0. The molecule has 0 saturated carbocycles. The van der Waals surface area contributed by atoms with E-state index in [1.54, 1.807) is 42.6 Å². The second-order valence-electron chi connectivity index (χ2n) is 6.47. The molecule has 31 heavy (non-hydrogen) atoms. The summed E-state index contributed by atoms with van der Waals surface area (Å²) in [4.78, 5) is 6.40. The first-order valence-corrected chi connectivity index (χ1v) is 9.42. The van der Waals surface area contributed by atoms with Crippen LogP contribution in [0.5, 0.6) is 28.7 Å². The van der Waals surface area contributed by atoms with E-state index in [0.29, 0.717) is 30.3 Å². The van der Waals surface area contributed by atoms with Crippen LogP contribution in [0, 0.1) is 0 Å². The van der Waals surface area contributed by atoms with Crippen molar-refractivity contribution in [3.63, 3.8) is 0 Å². The lowest BCUT2D eigenvalue weighted by Gasteiger charge is -2.23. The SMILES string of the molecule is CN=C(NCc1cc(OC)c(OC)c(OC)c1)N(C)Cc1ccc(OC)cc1OC.I. The summed E-state index contributed by atoms with van der Waals surface area (Å²) in [6, 6.07) is 9.59. The van der Waals surface area contributed by atoms with Crippen molar-refractivity contribution in [3.8, 4) is 28.7 Å². The summed E-state index contributed by atoms with van der Waals surface area (Å²) in [5.74, 6) is 4.04. The fourth-order valence-corrected chi connectivity index (χ4v) is 3.12. The fourth-order valence-electron chi connectivity index (χ4n) is 3.12. The molecule has 2 aromatic carbocycles. The van der Waals surface area contributed by atoms with Gasteiger partial charge in [0.1, 0.15) is 11.5 Å². The van der Waals surface area contributed by atoms with E-state index in [9.17, 15) is 0 Å². The van der Waals surface area contributed by atoms with E-state index in [1.165, 1.54) is 0 Å². The smallest absolute Gasteiger partial charge is 0.203 e. The number of halogens is 1. The van der Waals surface area contributed by atoms with E-state index in [0.717, 1.165) is 28.6 Å². The molecule has 0 fully saturated rings. The number of ether oxygens (including phenoxy) is 5. The molecule has 0 amide bonds. The van der Waals surface area contributed by atoms with Gasteiger partial charge in [-0.05, 0) is 29.8 Å². The topological polar surface area (TPSA) is 73.8 Å². The maximum Gasteiger partial charge on any atom is 0.203 e. The average Bonchev–Trinajstić information content (AvgIpc) is 2.78. The number of nitrogens with zero attached hydrogens (tertiary/aromatic N) is 2. The van der Waals surface area contributed by atoms with Crippen LogP contribution in [0.3, 0.4) is 0 Å². The van der Waals surface area contributed by atoms with Crippen molar-refractivity contribution >= 4 is 29.9 Å². The van der Waals surface area contributed by atoms with Gasteiger partial charge >= 0.3 is 0 Å². The largest absolute Gasteiger partial charge is 0.497 e. The van der Waals surface area contributed by atoms with Crippen molar-refractivity contribution in [2.24, 2.45) is 4.99 Å². The third-order valence-corrected chi connectivity index (χ3v) is 4.65. The zero-order valence-electron chi connectivity index (χ0n) is 19.1. The third kappa shape index (κ3) is 6.71. The summed E-state index contributed by atoms with van der Waals surface area (Å²) in [6.45, 7) is 1.15. The van der Waals surface area contributed by atoms with Crippen molar-refractivity contribution in [1.29, 1.82) is 0 Å². The van der Waals surface area contributed by atoms with Crippen LogP contribution in [0.15, 0.2) is 35.3 Å². The predicted octanol–water partition coefficient (Wildman–Crippen LogP) is 3.56. The molecule has 0 radical (unpaired) electrons. The van der Waals surface area contributed by atoms with E-state index in [1.807, 2.05) is 42.3 Å². The highest BCUT2D eigenvalue weighted by atomic mass is 127. The zero-order valence-corrected chi connectivity index (χ0v) is 21.5. The lowest BCUT2D eigenvalue weighted by atomic mass is 10.1. The summed E-state index contributed by atoms with van der Waals surface area (Å²) in [7, 11) is 11.8. The van der Waals surface area contributed by atoms with Gasteiger partial charge in [-0.15, -0.1) is 24.0 Å². The molecule has 0 saturated heterocycles. The van der Waals surface area contributed by atoms with Crippen LogP contribution in [-0.2, 0) is 13.1 Å². The molecule has 0 atom stereocenters. The quantitative estimate of drug-likeness (QED) is 0.294. The fraction of sp³-hybridized carbons (Fsp3) is 0.409. The molecule has 0 spiro atoms. The van der Waals surface area contributed by atoms with Gasteiger partial charge in [-0.1, -0.05) is 0 Å². The van der Waals surface area contributed by atoms with Gasteiger partial charge in [-0.2, -0.15) is 0 Å². The molecule has 0 unspecified atom stereocenters. The molecule has 0 aliphatic rings. The van der Waals surface area contributed by atoms with E-state index in [4.69, 9.17) is 23.7 Å². The van der Waals surface area contributed by atoms with Crippen molar-refractivity contribution in [1.82, 2.24) is 10.2 Å². The minimum atomic E-state index is 0. The Morgan fingerprint density at radius 2 is 1.48 bits per heavy atom.